The van der Waals surface area contributed by atoms with Gasteiger partial charge in [-0.15, -0.1) is 11.8 Å². The van der Waals surface area contributed by atoms with E-state index in [1.807, 2.05) is 63.2 Å². The number of amides is 2. The summed E-state index contributed by atoms with van der Waals surface area (Å²) in [7, 11) is 0. The van der Waals surface area contributed by atoms with Gasteiger partial charge in [0.25, 0.3) is 0 Å². The molecule has 2 aromatic rings. The van der Waals surface area contributed by atoms with Gasteiger partial charge in [0.15, 0.2) is 0 Å². The summed E-state index contributed by atoms with van der Waals surface area (Å²) in [6, 6.07) is 17.8. The summed E-state index contributed by atoms with van der Waals surface area (Å²) in [5, 5.41) is 5.47. The molecule has 2 amide bonds. The second kappa shape index (κ2) is 10.8. The average molecular weight is 385 g/mol. The average Bonchev–Trinajstić information content (AvgIpc) is 2.67. The number of hydrogen-bond acceptors (Lipinski definition) is 3. The number of aryl methyl sites for hydroxylation is 1. The first-order chi connectivity index (χ1) is 13.0. The van der Waals surface area contributed by atoms with E-state index in [1.54, 1.807) is 11.8 Å². The van der Waals surface area contributed by atoms with Crippen LogP contribution in [-0.2, 0) is 21.8 Å². The van der Waals surface area contributed by atoms with Gasteiger partial charge in [-0.1, -0.05) is 69.3 Å². The molecule has 0 saturated carbocycles. The van der Waals surface area contributed by atoms with Gasteiger partial charge in [-0.3, -0.25) is 9.59 Å². The molecular weight excluding hydrogens is 356 g/mol. The highest BCUT2D eigenvalue weighted by Crippen LogP contribution is 2.24. The third kappa shape index (κ3) is 6.75. The highest BCUT2D eigenvalue weighted by molar-refractivity contribution is 7.99. The fourth-order valence-electron chi connectivity index (χ4n) is 2.74. The summed E-state index contributed by atoms with van der Waals surface area (Å²) in [5.74, 6) is 0.653. The van der Waals surface area contributed by atoms with Crippen molar-refractivity contribution in [1.82, 2.24) is 5.32 Å². The van der Waals surface area contributed by atoms with E-state index in [4.69, 9.17) is 0 Å². The number of nitrogens with one attached hydrogen (secondary N) is 2. The van der Waals surface area contributed by atoms with Crippen LogP contribution in [0.3, 0.4) is 0 Å². The van der Waals surface area contributed by atoms with Gasteiger partial charge in [-0.05, 0) is 29.5 Å². The molecule has 2 N–H and O–H groups in total. The van der Waals surface area contributed by atoms with Crippen molar-refractivity contribution in [3.63, 3.8) is 0 Å². The van der Waals surface area contributed by atoms with E-state index in [2.05, 4.69) is 22.8 Å². The Labute approximate surface area is 166 Å². The molecule has 2 rings (SSSR count). The van der Waals surface area contributed by atoms with Crippen LogP contribution in [0.5, 0.6) is 0 Å². The normalized spacial score (nSPS) is 11.9. The predicted octanol–water partition coefficient (Wildman–Crippen LogP) is 4.26. The highest BCUT2D eigenvalue weighted by atomic mass is 32.2. The van der Waals surface area contributed by atoms with Gasteiger partial charge in [0.2, 0.25) is 11.8 Å². The lowest BCUT2D eigenvalue weighted by molar-refractivity contribution is -0.124. The molecule has 0 aromatic heterocycles. The van der Waals surface area contributed by atoms with Crippen molar-refractivity contribution in [1.29, 1.82) is 0 Å². The molecule has 0 bridgehead atoms. The Bertz CT molecular complexity index is 747. The van der Waals surface area contributed by atoms with Crippen LogP contribution >= 0.6 is 11.8 Å². The monoisotopic (exact) mass is 384 g/mol. The topological polar surface area (TPSA) is 58.2 Å². The number of carbonyl (C=O) groups excluding carboxylic acids is 2. The minimum Gasteiger partial charge on any atom is -0.346 e. The summed E-state index contributed by atoms with van der Waals surface area (Å²) < 4.78 is 0. The molecular formula is C22H28N2O2S. The van der Waals surface area contributed by atoms with Gasteiger partial charge in [0, 0.05) is 11.4 Å². The summed E-state index contributed by atoms with van der Waals surface area (Å²) in [6.45, 7) is 6.08. The van der Waals surface area contributed by atoms with Crippen LogP contribution in [0.2, 0.25) is 0 Å². The number of hydrogen-bond donors (Lipinski definition) is 2. The molecule has 0 radical (unpaired) electrons. The fraction of sp³-hybridized carbons (Fsp3) is 0.364. The Hall–Kier alpha value is -2.27. The van der Waals surface area contributed by atoms with Crippen LogP contribution in [0.4, 0.5) is 5.69 Å². The highest BCUT2D eigenvalue weighted by Gasteiger charge is 2.23. The lowest BCUT2D eigenvalue weighted by Gasteiger charge is -2.20. The van der Waals surface area contributed by atoms with E-state index in [9.17, 15) is 9.59 Å². The number of rotatable bonds is 9. The Kier molecular flexibility index (Phi) is 8.40. The van der Waals surface area contributed by atoms with Crippen molar-refractivity contribution in [2.45, 2.75) is 38.2 Å². The molecule has 144 valence electrons. The van der Waals surface area contributed by atoms with Gasteiger partial charge in [-0.25, -0.2) is 0 Å². The first-order valence-electron chi connectivity index (χ1n) is 9.32. The van der Waals surface area contributed by atoms with Gasteiger partial charge >= 0.3 is 0 Å². The van der Waals surface area contributed by atoms with E-state index in [-0.39, 0.29) is 29.5 Å². The molecule has 0 heterocycles. The van der Waals surface area contributed by atoms with Gasteiger partial charge in [0.1, 0.15) is 0 Å². The molecule has 0 spiro atoms. The third-order valence-corrected chi connectivity index (χ3v) is 5.85. The van der Waals surface area contributed by atoms with E-state index in [1.165, 1.54) is 5.56 Å². The van der Waals surface area contributed by atoms with Crippen LogP contribution in [0.25, 0.3) is 0 Å². The summed E-state index contributed by atoms with van der Waals surface area (Å²) in [6.07, 6.45) is 0.842. The second-order valence-corrected chi connectivity index (χ2v) is 7.87. The van der Waals surface area contributed by atoms with E-state index < -0.39 is 0 Å². The van der Waals surface area contributed by atoms with Crippen molar-refractivity contribution in [3.8, 4) is 0 Å². The van der Waals surface area contributed by atoms with Gasteiger partial charge < -0.3 is 10.6 Å². The van der Waals surface area contributed by atoms with E-state index in [0.717, 1.165) is 23.4 Å². The molecule has 1 atom stereocenters. The summed E-state index contributed by atoms with van der Waals surface area (Å²) >= 11 is 1.61. The molecule has 4 nitrogen and oxygen atoms in total. The Morgan fingerprint density at radius 3 is 2.33 bits per heavy atom. The number of thioether (sulfide) groups is 1. The SMILES string of the molecule is CCc1ccccc1NC(=O)CNC(=O)C(SCc1ccccc1)C(C)C. The van der Waals surface area contributed by atoms with Crippen molar-refractivity contribution >= 4 is 29.3 Å². The molecule has 0 fully saturated rings. The predicted molar refractivity (Wildman–Crippen MR) is 114 cm³/mol. The zero-order valence-corrected chi connectivity index (χ0v) is 17.0. The molecule has 1 unspecified atom stereocenters. The van der Waals surface area contributed by atoms with Crippen molar-refractivity contribution in [2.75, 3.05) is 11.9 Å². The van der Waals surface area contributed by atoms with Crippen LogP contribution in [0, 0.1) is 5.92 Å². The first-order valence-corrected chi connectivity index (χ1v) is 10.4. The standard InChI is InChI=1S/C22H28N2O2S/c1-4-18-12-8-9-13-19(18)24-20(25)14-23-22(26)21(16(2)3)27-15-17-10-6-5-7-11-17/h5-13,16,21H,4,14-15H2,1-3H3,(H,23,26)(H,24,25). The van der Waals surface area contributed by atoms with E-state index in [0.29, 0.717) is 0 Å². The number of benzene rings is 2. The molecule has 0 aliphatic carbocycles. The Morgan fingerprint density at radius 1 is 1.00 bits per heavy atom. The molecule has 5 heteroatoms. The second-order valence-electron chi connectivity index (χ2n) is 6.74. The molecule has 0 saturated heterocycles. The largest absolute Gasteiger partial charge is 0.346 e. The van der Waals surface area contributed by atoms with Crippen molar-refractivity contribution in [3.05, 3.63) is 65.7 Å². The van der Waals surface area contributed by atoms with E-state index >= 15 is 0 Å². The van der Waals surface area contributed by atoms with Crippen LogP contribution in [0.15, 0.2) is 54.6 Å². The van der Waals surface area contributed by atoms with Gasteiger partial charge in [0.05, 0.1) is 11.8 Å². The minimum absolute atomic E-state index is 0.0218. The zero-order valence-electron chi connectivity index (χ0n) is 16.2. The first kappa shape index (κ1) is 21.0. The smallest absolute Gasteiger partial charge is 0.243 e. The quantitative estimate of drug-likeness (QED) is 0.679. The van der Waals surface area contributed by atoms with Crippen LogP contribution < -0.4 is 10.6 Å². The fourth-order valence-corrected chi connectivity index (χ4v) is 3.93. The van der Waals surface area contributed by atoms with Crippen LogP contribution in [-0.4, -0.2) is 23.6 Å². The molecule has 2 aromatic carbocycles. The maximum absolute atomic E-state index is 12.6. The maximum Gasteiger partial charge on any atom is 0.243 e. The minimum atomic E-state index is -0.209. The van der Waals surface area contributed by atoms with Crippen molar-refractivity contribution in [2.24, 2.45) is 5.92 Å². The zero-order chi connectivity index (χ0) is 19.6. The Morgan fingerprint density at radius 2 is 1.67 bits per heavy atom. The third-order valence-electron chi connectivity index (χ3n) is 4.23. The lowest BCUT2D eigenvalue weighted by atomic mass is 10.1. The van der Waals surface area contributed by atoms with Crippen molar-refractivity contribution < 1.29 is 9.59 Å². The lowest BCUT2D eigenvalue weighted by Crippen LogP contribution is -2.40. The number of anilines is 1. The van der Waals surface area contributed by atoms with Gasteiger partial charge in [-0.2, -0.15) is 0 Å². The molecule has 27 heavy (non-hydrogen) atoms. The Balaban J connectivity index is 1.86. The number of para-hydroxylation sites is 1. The summed E-state index contributed by atoms with van der Waals surface area (Å²) in [5.41, 5.74) is 3.07. The molecule has 0 aliphatic heterocycles. The van der Waals surface area contributed by atoms with Crippen LogP contribution in [0.1, 0.15) is 31.9 Å². The maximum atomic E-state index is 12.6. The summed E-state index contributed by atoms with van der Waals surface area (Å²) in [4.78, 5) is 24.8. The number of carbonyl (C=O) groups is 2. The molecule has 0 aliphatic rings.